The zero-order valence-corrected chi connectivity index (χ0v) is 22.6. The van der Waals surface area contributed by atoms with E-state index in [1.165, 1.54) is 6.20 Å². The van der Waals surface area contributed by atoms with Crippen LogP contribution in [0.1, 0.15) is 55.0 Å². The van der Waals surface area contributed by atoms with Gasteiger partial charge in [-0.05, 0) is 43.0 Å². The molecule has 202 valence electrons. The highest BCUT2D eigenvalue weighted by Gasteiger charge is 2.33. The molecule has 0 radical (unpaired) electrons. The Bertz CT molecular complexity index is 1620. The summed E-state index contributed by atoms with van der Waals surface area (Å²) in [5, 5.41) is 20.1. The SMILES string of the molecule is CC[C@@H](Nc1c(C#N)cnc2c(Cl)cc(NC(C3=CN(C4CC4)NN3)c3cccnc3F)cc12)c1ccccc1. The molecule has 0 amide bonds. The quantitative estimate of drug-likeness (QED) is 0.178. The average Bonchev–Trinajstić information content (AvgIpc) is 3.72. The number of hydrazine groups is 2. The molecule has 1 aliphatic carbocycles. The molecule has 0 saturated heterocycles. The highest BCUT2D eigenvalue weighted by molar-refractivity contribution is 6.35. The summed E-state index contributed by atoms with van der Waals surface area (Å²) in [6.45, 7) is 2.09. The molecule has 0 spiro atoms. The van der Waals surface area contributed by atoms with Gasteiger partial charge in [-0.15, -0.1) is 5.53 Å². The lowest BCUT2D eigenvalue weighted by atomic mass is 10.0. The van der Waals surface area contributed by atoms with Crippen LogP contribution in [0.5, 0.6) is 0 Å². The van der Waals surface area contributed by atoms with Gasteiger partial charge < -0.3 is 16.1 Å². The van der Waals surface area contributed by atoms with Gasteiger partial charge in [-0.1, -0.05) is 54.9 Å². The molecule has 40 heavy (non-hydrogen) atoms. The van der Waals surface area contributed by atoms with Crippen molar-refractivity contribution in [3.63, 3.8) is 0 Å². The van der Waals surface area contributed by atoms with Crippen molar-refractivity contribution in [2.24, 2.45) is 0 Å². The van der Waals surface area contributed by atoms with Crippen LogP contribution in [0.25, 0.3) is 10.9 Å². The highest BCUT2D eigenvalue weighted by Crippen LogP contribution is 2.38. The molecule has 8 nitrogen and oxygen atoms in total. The standard InChI is InChI=1S/C30H28ClFN8/c1-2-25(18-7-4-3-5-8-18)37-27-19(15-33)16-35-28-23(27)13-20(14-24(28)31)36-29(22-9-6-12-34-30(22)32)26-17-40(39-38-26)21-10-11-21/h3-9,12-14,16-17,21,25,29,36,38-39H,2,10-11H2,1H3,(H,35,37)/t25-,29?/m1/s1. The summed E-state index contributed by atoms with van der Waals surface area (Å²) >= 11 is 6.76. The van der Waals surface area contributed by atoms with E-state index in [9.17, 15) is 9.65 Å². The van der Waals surface area contributed by atoms with Gasteiger partial charge in [-0.25, -0.2) is 4.98 Å². The van der Waals surface area contributed by atoms with Crippen molar-refractivity contribution in [2.45, 2.75) is 44.3 Å². The molecule has 1 fully saturated rings. The van der Waals surface area contributed by atoms with Gasteiger partial charge in [0.25, 0.3) is 0 Å². The summed E-state index contributed by atoms with van der Waals surface area (Å²) in [6, 6.07) is 19.2. The van der Waals surface area contributed by atoms with Crippen LogP contribution in [-0.2, 0) is 0 Å². The Hall–Kier alpha value is -4.39. The number of nitrogens with zero attached hydrogens (tertiary/aromatic N) is 4. The number of fused-ring (bicyclic) bond motifs is 1. The first kappa shape index (κ1) is 25.9. The lowest BCUT2D eigenvalue weighted by Crippen LogP contribution is -2.38. The van der Waals surface area contributed by atoms with Crippen LogP contribution < -0.4 is 21.6 Å². The number of anilines is 2. The fourth-order valence-electron chi connectivity index (χ4n) is 5.01. The summed E-state index contributed by atoms with van der Waals surface area (Å²) in [5.74, 6) is -0.566. The molecule has 1 aliphatic heterocycles. The Labute approximate surface area is 236 Å². The molecular weight excluding hydrogens is 527 g/mol. The molecule has 3 heterocycles. The van der Waals surface area contributed by atoms with E-state index in [2.05, 4.69) is 56.7 Å². The molecule has 10 heteroatoms. The highest BCUT2D eigenvalue weighted by atomic mass is 35.5. The monoisotopic (exact) mass is 554 g/mol. The Kier molecular flexibility index (Phi) is 7.11. The third kappa shape index (κ3) is 5.11. The third-order valence-electron chi connectivity index (χ3n) is 7.24. The van der Waals surface area contributed by atoms with E-state index in [0.29, 0.717) is 44.5 Å². The van der Waals surface area contributed by atoms with Crippen LogP contribution in [0.4, 0.5) is 15.8 Å². The first-order chi connectivity index (χ1) is 19.6. The topological polar surface area (TPSA) is 101 Å². The van der Waals surface area contributed by atoms with Crippen LogP contribution in [-0.4, -0.2) is 21.0 Å². The van der Waals surface area contributed by atoms with E-state index in [4.69, 9.17) is 11.6 Å². The number of benzene rings is 2. The molecule has 2 atom stereocenters. The molecule has 1 unspecified atom stereocenters. The smallest absolute Gasteiger partial charge is 0.218 e. The summed E-state index contributed by atoms with van der Waals surface area (Å²) in [6.07, 6.45) is 7.93. The van der Waals surface area contributed by atoms with Crippen molar-refractivity contribution in [3.05, 3.63) is 107 Å². The fraction of sp³-hybridized carbons (Fsp3) is 0.233. The molecule has 2 aromatic heterocycles. The molecular formula is C30H28ClFN8. The molecule has 6 rings (SSSR count). The maximum atomic E-state index is 15.0. The van der Waals surface area contributed by atoms with Crippen molar-refractivity contribution in [2.75, 3.05) is 10.6 Å². The molecule has 4 N–H and O–H groups in total. The summed E-state index contributed by atoms with van der Waals surface area (Å²) in [4.78, 5) is 8.37. The second kappa shape index (κ2) is 11.0. The minimum Gasteiger partial charge on any atom is -0.377 e. The van der Waals surface area contributed by atoms with Crippen molar-refractivity contribution in [1.82, 2.24) is 25.9 Å². The van der Waals surface area contributed by atoms with Crippen LogP contribution in [0.15, 0.2) is 78.9 Å². The summed E-state index contributed by atoms with van der Waals surface area (Å²) in [7, 11) is 0. The number of nitriles is 1. The lowest BCUT2D eigenvalue weighted by molar-refractivity contribution is 0.260. The first-order valence-electron chi connectivity index (χ1n) is 13.3. The van der Waals surface area contributed by atoms with E-state index in [0.717, 1.165) is 30.5 Å². The van der Waals surface area contributed by atoms with E-state index >= 15 is 0 Å². The van der Waals surface area contributed by atoms with E-state index < -0.39 is 12.0 Å². The lowest BCUT2D eigenvalue weighted by Gasteiger charge is -2.23. The van der Waals surface area contributed by atoms with Gasteiger partial charge in [0.2, 0.25) is 5.95 Å². The summed E-state index contributed by atoms with van der Waals surface area (Å²) in [5.41, 5.74) is 10.9. The number of rotatable bonds is 9. The van der Waals surface area contributed by atoms with E-state index in [1.54, 1.807) is 24.4 Å². The van der Waals surface area contributed by atoms with Gasteiger partial charge in [0.1, 0.15) is 6.07 Å². The van der Waals surface area contributed by atoms with Gasteiger partial charge in [-0.2, -0.15) is 9.65 Å². The fourth-order valence-corrected chi connectivity index (χ4v) is 5.28. The van der Waals surface area contributed by atoms with Crippen molar-refractivity contribution >= 4 is 33.9 Å². The average molecular weight is 555 g/mol. The van der Waals surface area contributed by atoms with E-state index in [-0.39, 0.29) is 6.04 Å². The number of pyridine rings is 2. The number of hydrogen-bond acceptors (Lipinski definition) is 8. The maximum absolute atomic E-state index is 15.0. The Balaban J connectivity index is 1.42. The largest absolute Gasteiger partial charge is 0.377 e. The van der Waals surface area contributed by atoms with Gasteiger partial charge in [0.15, 0.2) is 0 Å². The predicted octanol–water partition coefficient (Wildman–Crippen LogP) is 6.34. The number of hydrogen-bond donors (Lipinski definition) is 4. The van der Waals surface area contributed by atoms with Crippen molar-refractivity contribution in [3.8, 4) is 6.07 Å². The number of halogens is 2. The molecule has 1 saturated carbocycles. The van der Waals surface area contributed by atoms with Gasteiger partial charge in [0.05, 0.1) is 39.6 Å². The van der Waals surface area contributed by atoms with Crippen molar-refractivity contribution in [1.29, 1.82) is 5.26 Å². The Morgan fingerprint density at radius 2 is 1.98 bits per heavy atom. The maximum Gasteiger partial charge on any atom is 0.218 e. The first-order valence-corrected chi connectivity index (χ1v) is 13.7. The molecule has 2 aromatic carbocycles. The minimum atomic E-state index is -0.588. The van der Waals surface area contributed by atoms with Crippen LogP contribution in [0.2, 0.25) is 5.02 Å². The van der Waals surface area contributed by atoms with Crippen LogP contribution in [0, 0.1) is 17.3 Å². The Morgan fingerprint density at radius 3 is 2.70 bits per heavy atom. The number of nitrogens with one attached hydrogen (secondary N) is 4. The van der Waals surface area contributed by atoms with E-state index in [1.807, 2.05) is 35.5 Å². The normalized spacial score (nSPS) is 16.1. The molecule has 0 bridgehead atoms. The third-order valence-corrected chi connectivity index (χ3v) is 7.53. The van der Waals surface area contributed by atoms with Crippen LogP contribution >= 0.6 is 11.6 Å². The molecule has 2 aliphatic rings. The summed E-state index contributed by atoms with van der Waals surface area (Å²) < 4.78 is 15.0. The predicted molar refractivity (Wildman–Crippen MR) is 154 cm³/mol. The number of aromatic nitrogens is 2. The van der Waals surface area contributed by atoms with Crippen LogP contribution in [0.3, 0.4) is 0 Å². The second-order valence-corrected chi connectivity index (χ2v) is 10.4. The van der Waals surface area contributed by atoms with Crippen molar-refractivity contribution < 1.29 is 4.39 Å². The minimum absolute atomic E-state index is 0.0288. The van der Waals surface area contributed by atoms with Gasteiger partial charge in [0, 0.05) is 41.3 Å². The van der Waals surface area contributed by atoms with Gasteiger partial charge in [-0.3, -0.25) is 9.99 Å². The molecule has 4 aromatic rings. The Morgan fingerprint density at radius 1 is 1.15 bits per heavy atom. The second-order valence-electron chi connectivity index (χ2n) is 9.95. The zero-order valence-electron chi connectivity index (χ0n) is 21.8. The van der Waals surface area contributed by atoms with Gasteiger partial charge >= 0.3 is 0 Å². The zero-order chi connectivity index (χ0) is 27.6.